The van der Waals surface area contributed by atoms with Crippen LogP contribution in [-0.2, 0) is 22.3 Å². The van der Waals surface area contributed by atoms with Crippen molar-refractivity contribution in [3.05, 3.63) is 59.0 Å². The number of carbonyl (C=O) groups is 1. The molecule has 23 heavy (non-hydrogen) atoms. The van der Waals surface area contributed by atoms with E-state index in [9.17, 15) is 9.00 Å². The zero-order valence-electron chi connectivity index (χ0n) is 13.8. The maximum absolute atomic E-state index is 12.2. The number of benzene rings is 1. The number of furan rings is 1. The largest absolute Gasteiger partial charge is 0.455 e. The first-order valence-electron chi connectivity index (χ1n) is 7.78. The molecule has 1 aromatic heterocycles. The number of nitrogens with one attached hydrogen (secondary N) is 1. The highest BCUT2D eigenvalue weighted by molar-refractivity contribution is 7.83. The summed E-state index contributed by atoms with van der Waals surface area (Å²) in [5.74, 6) is 1.41. The van der Waals surface area contributed by atoms with Crippen LogP contribution in [0.5, 0.6) is 0 Å². The standard InChI is InChI=1S/C18H23NO3S/c1-4-14(3)19-18(20)17-10-9-16(22-17)12-23(21)11-15-7-5-13(2)6-8-15/h5-10,14H,4,11-12H2,1-3H3,(H,19,20)/t14-,23-/m1/s1. The van der Waals surface area contributed by atoms with Crippen LogP contribution in [0.25, 0.3) is 0 Å². The lowest BCUT2D eigenvalue weighted by atomic mass is 10.2. The van der Waals surface area contributed by atoms with Gasteiger partial charge in [0.1, 0.15) is 5.76 Å². The molecule has 0 saturated carbocycles. The Morgan fingerprint density at radius 3 is 2.52 bits per heavy atom. The van der Waals surface area contributed by atoms with Gasteiger partial charge in [-0.05, 0) is 38.0 Å². The van der Waals surface area contributed by atoms with Crippen LogP contribution in [0.2, 0.25) is 0 Å². The topological polar surface area (TPSA) is 59.3 Å². The lowest BCUT2D eigenvalue weighted by Gasteiger charge is -2.09. The maximum Gasteiger partial charge on any atom is 0.287 e. The van der Waals surface area contributed by atoms with Crippen LogP contribution < -0.4 is 5.32 Å². The molecule has 0 aliphatic rings. The van der Waals surface area contributed by atoms with Gasteiger partial charge < -0.3 is 9.73 Å². The maximum atomic E-state index is 12.2. The van der Waals surface area contributed by atoms with Crippen molar-refractivity contribution >= 4 is 16.7 Å². The van der Waals surface area contributed by atoms with Crippen molar-refractivity contribution in [1.29, 1.82) is 0 Å². The molecular formula is C18H23NO3S. The van der Waals surface area contributed by atoms with Crippen LogP contribution in [-0.4, -0.2) is 16.2 Å². The molecular weight excluding hydrogens is 310 g/mol. The molecule has 0 saturated heterocycles. The molecule has 2 rings (SSSR count). The van der Waals surface area contributed by atoms with Crippen LogP contribution >= 0.6 is 0 Å². The van der Waals surface area contributed by atoms with E-state index in [4.69, 9.17) is 4.42 Å². The molecule has 4 nitrogen and oxygen atoms in total. The molecule has 2 aromatic rings. The van der Waals surface area contributed by atoms with E-state index in [0.29, 0.717) is 17.3 Å². The Bertz CT molecular complexity index is 676. The van der Waals surface area contributed by atoms with E-state index < -0.39 is 10.8 Å². The van der Waals surface area contributed by atoms with Crippen LogP contribution in [0, 0.1) is 6.92 Å². The molecule has 0 aliphatic carbocycles. The van der Waals surface area contributed by atoms with Gasteiger partial charge >= 0.3 is 0 Å². The summed E-state index contributed by atoms with van der Waals surface area (Å²) in [5.41, 5.74) is 2.22. The minimum atomic E-state index is -1.07. The average Bonchev–Trinajstić information content (AvgIpc) is 2.98. The molecule has 1 N–H and O–H groups in total. The summed E-state index contributed by atoms with van der Waals surface area (Å²) in [6.45, 7) is 5.97. The zero-order valence-corrected chi connectivity index (χ0v) is 14.6. The Kier molecular flexibility index (Phi) is 6.16. The van der Waals surface area contributed by atoms with Crippen molar-refractivity contribution in [3.63, 3.8) is 0 Å². The normalized spacial score (nSPS) is 13.5. The zero-order chi connectivity index (χ0) is 16.8. The van der Waals surface area contributed by atoms with Crippen LogP contribution in [0.15, 0.2) is 40.8 Å². The van der Waals surface area contributed by atoms with Gasteiger partial charge in [-0.1, -0.05) is 36.8 Å². The van der Waals surface area contributed by atoms with Crippen molar-refractivity contribution in [2.45, 2.75) is 44.7 Å². The lowest BCUT2D eigenvalue weighted by molar-refractivity contribution is 0.0910. The molecule has 0 fully saturated rings. The average molecular weight is 333 g/mol. The SMILES string of the molecule is CC[C@@H](C)NC(=O)c1ccc(C[S@](=O)Cc2ccc(C)cc2)o1. The first-order valence-corrected chi connectivity index (χ1v) is 9.26. The molecule has 0 unspecified atom stereocenters. The Morgan fingerprint density at radius 2 is 1.87 bits per heavy atom. The third-order valence-corrected chi connectivity index (χ3v) is 4.89. The molecule has 5 heteroatoms. The van der Waals surface area contributed by atoms with Gasteiger partial charge in [0.05, 0.1) is 5.75 Å². The minimum absolute atomic E-state index is 0.103. The van der Waals surface area contributed by atoms with Crippen LogP contribution in [0.4, 0.5) is 0 Å². The van der Waals surface area contributed by atoms with E-state index in [1.807, 2.05) is 45.0 Å². The summed E-state index contributed by atoms with van der Waals surface area (Å²) >= 11 is 0. The second-order valence-corrected chi connectivity index (χ2v) is 7.22. The van der Waals surface area contributed by atoms with Crippen LogP contribution in [0.3, 0.4) is 0 Å². The molecule has 0 aliphatic heterocycles. The van der Waals surface area contributed by atoms with Crippen molar-refractivity contribution in [3.8, 4) is 0 Å². The van der Waals surface area contributed by atoms with E-state index in [2.05, 4.69) is 5.32 Å². The number of hydrogen-bond acceptors (Lipinski definition) is 3. The second kappa shape index (κ2) is 8.11. The number of aryl methyl sites for hydroxylation is 1. The van der Waals surface area contributed by atoms with E-state index in [1.54, 1.807) is 12.1 Å². The van der Waals surface area contributed by atoms with Gasteiger partial charge in [0.2, 0.25) is 0 Å². The summed E-state index contributed by atoms with van der Waals surface area (Å²) < 4.78 is 17.7. The third-order valence-electron chi connectivity index (χ3n) is 3.63. The first kappa shape index (κ1) is 17.5. The van der Waals surface area contributed by atoms with Gasteiger partial charge in [-0.15, -0.1) is 0 Å². The molecule has 0 bridgehead atoms. The fourth-order valence-electron chi connectivity index (χ4n) is 2.05. The van der Waals surface area contributed by atoms with E-state index in [1.165, 1.54) is 5.56 Å². The summed E-state index contributed by atoms with van der Waals surface area (Å²) in [7, 11) is -1.07. The van der Waals surface area contributed by atoms with Gasteiger partial charge in [-0.3, -0.25) is 9.00 Å². The molecule has 1 amide bonds. The lowest BCUT2D eigenvalue weighted by Crippen LogP contribution is -2.31. The molecule has 0 spiro atoms. The van der Waals surface area contributed by atoms with Gasteiger partial charge in [-0.2, -0.15) is 0 Å². The highest BCUT2D eigenvalue weighted by Crippen LogP contribution is 2.13. The predicted molar refractivity (Wildman–Crippen MR) is 92.7 cm³/mol. The molecule has 1 heterocycles. The predicted octanol–water partition coefficient (Wildman–Crippen LogP) is 3.57. The van der Waals surface area contributed by atoms with Gasteiger partial charge in [0, 0.05) is 22.6 Å². The number of carbonyl (C=O) groups excluding carboxylic acids is 1. The quantitative estimate of drug-likeness (QED) is 0.843. The molecule has 0 radical (unpaired) electrons. The molecule has 2 atom stereocenters. The van der Waals surface area contributed by atoms with Gasteiger partial charge in [0.15, 0.2) is 5.76 Å². The number of hydrogen-bond donors (Lipinski definition) is 1. The first-order chi connectivity index (χ1) is 11.0. The Balaban J connectivity index is 1.92. The summed E-state index contributed by atoms with van der Waals surface area (Å²) in [6, 6.07) is 11.5. The van der Waals surface area contributed by atoms with Crippen molar-refractivity contribution in [2.24, 2.45) is 0 Å². The van der Waals surface area contributed by atoms with E-state index in [0.717, 1.165) is 12.0 Å². The van der Waals surface area contributed by atoms with E-state index >= 15 is 0 Å². The van der Waals surface area contributed by atoms with Crippen molar-refractivity contribution in [2.75, 3.05) is 0 Å². The van der Waals surface area contributed by atoms with Crippen LogP contribution in [0.1, 0.15) is 47.7 Å². The minimum Gasteiger partial charge on any atom is -0.455 e. The monoisotopic (exact) mass is 333 g/mol. The Morgan fingerprint density at radius 1 is 1.17 bits per heavy atom. The Labute approximate surface area is 139 Å². The fraction of sp³-hybridized carbons (Fsp3) is 0.389. The Hall–Kier alpha value is -1.88. The second-order valence-electron chi connectivity index (χ2n) is 5.76. The van der Waals surface area contributed by atoms with Gasteiger partial charge in [0.25, 0.3) is 5.91 Å². The smallest absolute Gasteiger partial charge is 0.287 e. The third kappa shape index (κ3) is 5.36. The summed E-state index contributed by atoms with van der Waals surface area (Å²) in [5, 5.41) is 2.85. The molecule has 1 aromatic carbocycles. The van der Waals surface area contributed by atoms with Crippen molar-refractivity contribution < 1.29 is 13.4 Å². The summed E-state index contributed by atoms with van der Waals surface area (Å²) in [4.78, 5) is 12.0. The summed E-state index contributed by atoms with van der Waals surface area (Å²) in [6.07, 6.45) is 0.861. The van der Waals surface area contributed by atoms with Crippen molar-refractivity contribution in [1.82, 2.24) is 5.32 Å². The highest BCUT2D eigenvalue weighted by atomic mass is 32.2. The number of rotatable bonds is 7. The fourth-order valence-corrected chi connectivity index (χ4v) is 3.19. The molecule has 124 valence electrons. The van der Waals surface area contributed by atoms with Gasteiger partial charge in [-0.25, -0.2) is 0 Å². The van der Waals surface area contributed by atoms with E-state index in [-0.39, 0.29) is 17.7 Å². The number of amides is 1. The highest BCUT2D eigenvalue weighted by Gasteiger charge is 2.14.